The number of nitrogens with zero attached hydrogens (tertiary/aromatic N) is 4. The van der Waals surface area contributed by atoms with Crippen molar-refractivity contribution in [2.24, 2.45) is 0 Å². The van der Waals surface area contributed by atoms with E-state index in [1.807, 2.05) is 0 Å². The van der Waals surface area contributed by atoms with Crippen molar-refractivity contribution in [3.05, 3.63) is 17.8 Å². The number of aromatic nitrogens is 2. The van der Waals surface area contributed by atoms with E-state index in [0.29, 0.717) is 30.6 Å². The zero-order chi connectivity index (χ0) is 12.7. The van der Waals surface area contributed by atoms with Gasteiger partial charge in [0.1, 0.15) is 6.07 Å². The minimum Gasteiger partial charge on any atom is -0.383 e. The SMILES string of the molecule is CCC(C)N(CCOC)c1nnccc1C#N. The molecule has 92 valence electrons. The summed E-state index contributed by atoms with van der Waals surface area (Å²) < 4.78 is 5.09. The van der Waals surface area contributed by atoms with Gasteiger partial charge in [-0.05, 0) is 19.4 Å². The molecule has 1 unspecified atom stereocenters. The second kappa shape index (κ2) is 6.81. The van der Waals surface area contributed by atoms with Crippen molar-refractivity contribution in [2.45, 2.75) is 26.3 Å². The third kappa shape index (κ3) is 3.40. The van der Waals surface area contributed by atoms with Crippen LogP contribution in [-0.4, -0.2) is 36.5 Å². The molecule has 0 aliphatic carbocycles. The predicted octanol–water partition coefficient (Wildman–Crippen LogP) is 1.60. The summed E-state index contributed by atoms with van der Waals surface area (Å²) in [5, 5.41) is 17.0. The van der Waals surface area contributed by atoms with Gasteiger partial charge in [0.15, 0.2) is 5.82 Å². The van der Waals surface area contributed by atoms with Gasteiger partial charge in [0.2, 0.25) is 0 Å². The van der Waals surface area contributed by atoms with E-state index in [-0.39, 0.29) is 0 Å². The van der Waals surface area contributed by atoms with Gasteiger partial charge in [0.25, 0.3) is 0 Å². The molecule has 0 N–H and O–H groups in total. The molecule has 1 heterocycles. The van der Waals surface area contributed by atoms with E-state index in [1.54, 1.807) is 13.2 Å². The normalized spacial score (nSPS) is 11.9. The molecular formula is C12H18N4O. The summed E-state index contributed by atoms with van der Waals surface area (Å²) >= 11 is 0. The lowest BCUT2D eigenvalue weighted by molar-refractivity contribution is 0.203. The number of rotatable bonds is 6. The van der Waals surface area contributed by atoms with Gasteiger partial charge in [-0.15, -0.1) is 5.10 Å². The summed E-state index contributed by atoms with van der Waals surface area (Å²) in [6.45, 7) is 5.52. The van der Waals surface area contributed by atoms with Crippen molar-refractivity contribution < 1.29 is 4.74 Å². The maximum absolute atomic E-state index is 9.07. The van der Waals surface area contributed by atoms with Crippen LogP contribution in [0.5, 0.6) is 0 Å². The van der Waals surface area contributed by atoms with Gasteiger partial charge in [-0.1, -0.05) is 6.92 Å². The Morgan fingerprint density at radius 2 is 2.35 bits per heavy atom. The molecule has 1 aromatic heterocycles. The van der Waals surface area contributed by atoms with Gasteiger partial charge in [0, 0.05) is 19.7 Å². The first kappa shape index (κ1) is 13.4. The molecule has 1 aromatic rings. The first-order chi connectivity index (χ1) is 8.24. The lowest BCUT2D eigenvalue weighted by Crippen LogP contribution is -2.36. The molecule has 0 aliphatic rings. The second-order valence-corrected chi connectivity index (χ2v) is 3.82. The Hall–Kier alpha value is -1.67. The summed E-state index contributed by atoms with van der Waals surface area (Å²) in [6, 6.07) is 4.13. The Balaban J connectivity index is 2.99. The topological polar surface area (TPSA) is 62.0 Å². The van der Waals surface area contributed by atoms with Crippen LogP contribution in [0.2, 0.25) is 0 Å². The maximum atomic E-state index is 9.07. The van der Waals surface area contributed by atoms with E-state index in [2.05, 4.69) is 35.0 Å². The lowest BCUT2D eigenvalue weighted by atomic mass is 10.2. The molecule has 0 aromatic carbocycles. The predicted molar refractivity (Wildman–Crippen MR) is 65.7 cm³/mol. The average molecular weight is 234 g/mol. The molecule has 5 nitrogen and oxygen atoms in total. The van der Waals surface area contributed by atoms with E-state index < -0.39 is 0 Å². The van der Waals surface area contributed by atoms with Crippen LogP contribution in [0, 0.1) is 11.3 Å². The smallest absolute Gasteiger partial charge is 0.169 e. The van der Waals surface area contributed by atoms with Crippen molar-refractivity contribution >= 4 is 5.82 Å². The Bertz CT molecular complexity index is 388. The third-order valence-electron chi connectivity index (χ3n) is 2.75. The molecule has 1 rings (SSSR count). The highest BCUT2D eigenvalue weighted by Crippen LogP contribution is 2.18. The monoisotopic (exact) mass is 234 g/mol. The van der Waals surface area contributed by atoms with Gasteiger partial charge in [-0.2, -0.15) is 10.4 Å². The largest absolute Gasteiger partial charge is 0.383 e. The summed E-state index contributed by atoms with van der Waals surface area (Å²) in [5.74, 6) is 0.640. The number of hydrogen-bond acceptors (Lipinski definition) is 5. The fourth-order valence-electron chi connectivity index (χ4n) is 1.57. The highest BCUT2D eigenvalue weighted by atomic mass is 16.5. The second-order valence-electron chi connectivity index (χ2n) is 3.82. The van der Waals surface area contributed by atoms with Crippen molar-refractivity contribution in [1.82, 2.24) is 10.2 Å². The quantitative estimate of drug-likeness (QED) is 0.748. The fourth-order valence-corrected chi connectivity index (χ4v) is 1.57. The molecule has 0 amide bonds. The van der Waals surface area contributed by atoms with E-state index in [0.717, 1.165) is 6.42 Å². The molecule has 0 aliphatic heterocycles. The molecule has 0 saturated heterocycles. The number of anilines is 1. The summed E-state index contributed by atoms with van der Waals surface area (Å²) in [6.07, 6.45) is 2.51. The van der Waals surface area contributed by atoms with Crippen LogP contribution in [0.3, 0.4) is 0 Å². The standard InChI is InChI=1S/C12H18N4O/c1-4-10(2)16(7-8-17-3)12-11(9-13)5-6-14-15-12/h5-6,10H,4,7-8H2,1-3H3. The van der Waals surface area contributed by atoms with E-state index >= 15 is 0 Å². The lowest BCUT2D eigenvalue weighted by Gasteiger charge is -2.29. The van der Waals surface area contributed by atoms with Crippen LogP contribution in [0.15, 0.2) is 12.3 Å². The highest BCUT2D eigenvalue weighted by molar-refractivity contribution is 5.53. The van der Waals surface area contributed by atoms with Gasteiger partial charge in [-0.25, -0.2) is 0 Å². The number of ether oxygens (including phenoxy) is 1. The van der Waals surface area contributed by atoms with Crippen molar-refractivity contribution in [3.63, 3.8) is 0 Å². The minimum absolute atomic E-state index is 0.300. The first-order valence-corrected chi connectivity index (χ1v) is 5.72. The molecule has 1 atom stereocenters. The molecule has 0 spiro atoms. The van der Waals surface area contributed by atoms with Crippen LogP contribution in [0.25, 0.3) is 0 Å². The van der Waals surface area contributed by atoms with Crippen LogP contribution in [0.1, 0.15) is 25.8 Å². The van der Waals surface area contributed by atoms with Crippen molar-refractivity contribution in [2.75, 3.05) is 25.2 Å². The van der Waals surface area contributed by atoms with Gasteiger partial charge in [-0.3, -0.25) is 0 Å². The Morgan fingerprint density at radius 3 is 2.94 bits per heavy atom. The zero-order valence-corrected chi connectivity index (χ0v) is 10.6. The van der Waals surface area contributed by atoms with Gasteiger partial charge < -0.3 is 9.64 Å². The van der Waals surface area contributed by atoms with Crippen LogP contribution in [0.4, 0.5) is 5.82 Å². The summed E-state index contributed by atoms with van der Waals surface area (Å²) in [5.41, 5.74) is 0.552. The molecule has 0 fully saturated rings. The molecule has 0 bridgehead atoms. The number of nitriles is 1. The van der Waals surface area contributed by atoms with E-state index in [1.165, 1.54) is 6.20 Å². The van der Waals surface area contributed by atoms with Crippen LogP contribution < -0.4 is 4.90 Å². The van der Waals surface area contributed by atoms with Gasteiger partial charge >= 0.3 is 0 Å². The third-order valence-corrected chi connectivity index (χ3v) is 2.75. The Morgan fingerprint density at radius 1 is 1.59 bits per heavy atom. The molecule has 17 heavy (non-hydrogen) atoms. The zero-order valence-electron chi connectivity index (χ0n) is 10.6. The highest BCUT2D eigenvalue weighted by Gasteiger charge is 2.17. The van der Waals surface area contributed by atoms with E-state index in [4.69, 9.17) is 10.00 Å². The molecule has 0 radical (unpaired) electrons. The Kier molecular flexibility index (Phi) is 5.37. The fraction of sp³-hybridized carbons (Fsp3) is 0.583. The Labute approximate surface area is 102 Å². The van der Waals surface area contributed by atoms with Crippen LogP contribution in [-0.2, 0) is 4.74 Å². The summed E-state index contributed by atoms with van der Waals surface area (Å²) in [4.78, 5) is 2.06. The maximum Gasteiger partial charge on any atom is 0.169 e. The molecular weight excluding hydrogens is 216 g/mol. The van der Waals surface area contributed by atoms with E-state index in [9.17, 15) is 0 Å². The number of hydrogen-bond donors (Lipinski definition) is 0. The minimum atomic E-state index is 0.300. The average Bonchev–Trinajstić information content (AvgIpc) is 2.39. The van der Waals surface area contributed by atoms with Crippen LogP contribution >= 0.6 is 0 Å². The first-order valence-electron chi connectivity index (χ1n) is 5.72. The summed E-state index contributed by atoms with van der Waals surface area (Å²) in [7, 11) is 1.66. The van der Waals surface area contributed by atoms with Gasteiger partial charge in [0.05, 0.1) is 18.4 Å². The van der Waals surface area contributed by atoms with Crippen molar-refractivity contribution in [3.8, 4) is 6.07 Å². The number of methoxy groups -OCH3 is 1. The van der Waals surface area contributed by atoms with Crippen molar-refractivity contribution in [1.29, 1.82) is 5.26 Å². The molecule has 5 heteroatoms. The molecule has 0 saturated carbocycles.